The van der Waals surface area contributed by atoms with Gasteiger partial charge < -0.3 is 15.0 Å². The lowest BCUT2D eigenvalue weighted by atomic mass is 9.93. The van der Waals surface area contributed by atoms with E-state index in [-0.39, 0.29) is 23.3 Å². The molecule has 0 aromatic heterocycles. The van der Waals surface area contributed by atoms with Gasteiger partial charge >= 0.3 is 0 Å². The first-order valence-corrected chi connectivity index (χ1v) is 10.5. The number of carbonyl (C=O) groups excluding carboxylic acids is 2. The van der Waals surface area contributed by atoms with E-state index in [4.69, 9.17) is 4.74 Å². The standard InChI is InChI=1S/C24H32N2O3/c1-5-14-24(2,3)25-22(27)17-9-8-15-26(16-17)23(28)20-12-13-21(29-4)19-11-7-6-10-18(19)20/h6-7,10-13,17H,5,8-9,14-16H2,1-4H3,(H,25,27). The lowest BCUT2D eigenvalue weighted by molar-refractivity contribution is -0.128. The first kappa shape index (κ1) is 21.2. The van der Waals surface area contributed by atoms with E-state index < -0.39 is 0 Å². The van der Waals surface area contributed by atoms with Crippen LogP contribution in [-0.4, -0.2) is 42.5 Å². The number of nitrogens with zero attached hydrogens (tertiary/aromatic N) is 1. The van der Waals surface area contributed by atoms with Crippen LogP contribution in [0.4, 0.5) is 0 Å². The highest BCUT2D eigenvalue weighted by atomic mass is 16.5. The number of likely N-dealkylation sites (tertiary alicyclic amines) is 1. The Morgan fingerprint density at radius 1 is 1.17 bits per heavy atom. The van der Waals surface area contributed by atoms with E-state index in [1.54, 1.807) is 7.11 Å². The van der Waals surface area contributed by atoms with Crippen molar-refractivity contribution in [1.82, 2.24) is 10.2 Å². The molecule has 1 saturated heterocycles. The van der Waals surface area contributed by atoms with E-state index in [0.717, 1.165) is 42.2 Å². The summed E-state index contributed by atoms with van der Waals surface area (Å²) in [6, 6.07) is 11.5. The van der Waals surface area contributed by atoms with Crippen molar-refractivity contribution in [1.29, 1.82) is 0 Å². The van der Waals surface area contributed by atoms with Gasteiger partial charge in [0, 0.05) is 29.6 Å². The Balaban J connectivity index is 1.78. The first-order valence-electron chi connectivity index (χ1n) is 10.5. The molecule has 0 radical (unpaired) electrons. The van der Waals surface area contributed by atoms with Crippen molar-refractivity contribution in [3.63, 3.8) is 0 Å². The maximum absolute atomic E-state index is 13.3. The summed E-state index contributed by atoms with van der Waals surface area (Å²) in [5.74, 6) is 0.634. The van der Waals surface area contributed by atoms with Crippen LogP contribution in [0.3, 0.4) is 0 Å². The molecule has 3 rings (SSSR count). The van der Waals surface area contributed by atoms with Crippen molar-refractivity contribution >= 4 is 22.6 Å². The second-order valence-corrected chi connectivity index (χ2v) is 8.57. The number of hydrogen-bond donors (Lipinski definition) is 1. The summed E-state index contributed by atoms with van der Waals surface area (Å²) in [4.78, 5) is 28.0. The zero-order valence-corrected chi connectivity index (χ0v) is 18.0. The highest BCUT2D eigenvalue weighted by Gasteiger charge is 2.32. The molecule has 1 N–H and O–H groups in total. The Labute approximate surface area is 173 Å². The number of hydrogen-bond acceptors (Lipinski definition) is 3. The summed E-state index contributed by atoms with van der Waals surface area (Å²) >= 11 is 0. The van der Waals surface area contributed by atoms with Crippen LogP contribution in [-0.2, 0) is 4.79 Å². The average Bonchev–Trinajstić information content (AvgIpc) is 2.72. The highest BCUT2D eigenvalue weighted by Crippen LogP contribution is 2.30. The number of fused-ring (bicyclic) bond motifs is 1. The van der Waals surface area contributed by atoms with Crippen molar-refractivity contribution in [2.24, 2.45) is 5.92 Å². The molecule has 0 spiro atoms. The molecule has 2 aromatic rings. The van der Waals surface area contributed by atoms with Gasteiger partial charge in [0.2, 0.25) is 5.91 Å². The van der Waals surface area contributed by atoms with Crippen molar-refractivity contribution in [3.8, 4) is 5.75 Å². The summed E-state index contributed by atoms with van der Waals surface area (Å²) in [6.45, 7) is 7.38. The molecule has 1 atom stereocenters. The number of piperidine rings is 1. The van der Waals surface area contributed by atoms with Gasteiger partial charge in [0.15, 0.2) is 0 Å². The fourth-order valence-electron chi connectivity index (χ4n) is 4.30. The number of nitrogens with one attached hydrogen (secondary N) is 1. The second-order valence-electron chi connectivity index (χ2n) is 8.57. The summed E-state index contributed by atoms with van der Waals surface area (Å²) in [5.41, 5.74) is 0.443. The molecule has 0 bridgehead atoms. The first-order chi connectivity index (χ1) is 13.9. The molecule has 5 nitrogen and oxygen atoms in total. The zero-order valence-electron chi connectivity index (χ0n) is 18.0. The Bertz CT molecular complexity index is 891. The van der Waals surface area contributed by atoms with Crippen molar-refractivity contribution in [2.45, 2.75) is 52.0 Å². The van der Waals surface area contributed by atoms with Gasteiger partial charge in [-0.2, -0.15) is 0 Å². The van der Waals surface area contributed by atoms with Gasteiger partial charge in [-0.1, -0.05) is 37.6 Å². The van der Waals surface area contributed by atoms with Crippen LogP contribution in [0.2, 0.25) is 0 Å². The fourth-order valence-corrected chi connectivity index (χ4v) is 4.30. The van der Waals surface area contributed by atoms with E-state index in [1.165, 1.54) is 0 Å². The molecule has 0 saturated carbocycles. The Hall–Kier alpha value is -2.56. The van der Waals surface area contributed by atoms with Crippen LogP contribution in [0.1, 0.15) is 56.8 Å². The van der Waals surface area contributed by atoms with Crippen molar-refractivity contribution in [3.05, 3.63) is 42.0 Å². The molecule has 29 heavy (non-hydrogen) atoms. The highest BCUT2D eigenvalue weighted by molar-refractivity contribution is 6.08. The molecule has 1 heterocycles. The Morgan fingerprint density at radius 2 is 1.90 bits per heavy atom. The zero-order chi connectivity index (χ0) is 21.0. The number of benzene rings is 2. The molecule has 156 valence electrons. The molecular formula is C24H32N2O3. The summed E-state index contributed by atoms with van der Waals surface area (Å²) in [6.07, 6.45) is 3.62. The summed E-state index contributed by atoms with van der Waals surface area (Å²) in [5, 5.41) is 4.98. The SMILES string of the molecule is CCCC(C)(C)NC(=O)C1CCCN(C(=O)c2ccc(OC)c3ccccc23)C1. The van der Waals surface area contributed by atoms with Gasteiger partial charge in [-0.25, -0.2) is 0 Å². The minimum atomic E-state index is -0.218. The fraction of sp³-hybridized carbons (Fsp3) is 0.500. The monoisotopic (exact) mass is 396 g/mol. The number of ether oxygens (including phenoxy) is 1. The van der Waals surface area contributed by atoms with E-state index >= 15 is 0 Å². The topological polar surface area (TPSA) is 58.6 Å². The van der Waals surface area contributed by atoms with Crippen LogP contribution in [0.15, 0.2) is 36.4 Å². The molecule has 1 aliphatic rings. The number of carbonyl (C=O) groups is 2. The van der Waals surface area contributed by atoms with Gasteiger partial charge in [0.25, 0.3) is 5.91 Å². The van der Waals surface area contributed by atoms with Gasteiger partial charge in [-0.3, -0.25) is 9.59 Å². The average molecular weight is 397 g/mol. The molecule has 1 unspecified atom stereocenters. The largest absolute Gasteiger partial charge is 0.496 e. The predicted molar refractivity (Wildman–Crippen MR) is 116 cm³/mol. The molecule has 5 heteroatoms. The van der Waals surface area contributed by atoms with Crippen LogP contribution < -0.4 is 10.1 Å². The van der Waals surface area contributed by atoms with Crippen molar-refractivity contribution < 1.29 is 14.3 Å². The minimum absolute atomic E-state index is 0.0193. The van der Waals surface area contributed by atoms with Gasteiger partial charge in [0.05, 0.1) is 13.0 Å². The molecule has 0 aliphatic carbocycles. The number of rotatable bonds is 6. The maximum atomic E-state index is 13.3. The van der Waals surface area contributed by atoms with Crippen LogP contribution in [0.5, 0.6) is 5.75 Å². The van der Waals surface area contributed by atoms with Gasteiger partial charge in [0.1, 0.15) is 5.75 Å². The molecule has 1 aliphatic heterocycles. The smallest absolute Gasteiger partial charge is 0.254 e. The van der Waals surface area contributed by atoms with Crippen LogP contribution in [0, 0.1) is 5.92 Å². The predicted octanol–water partition coefficient (Wildman–Crippen LogP) is 4.40. The molecule has 2 aromatic carbocycles. The molecular weight excluding hydrogens is 364 g/mol. The molecule has 1 fully saturated rings. The second kappa shape index (κ2) is 8.85. The van der Waals surface area contributed by atoms with E-state index in [9.17, 15) is 9.59 Å². The summed E-state index contributed by atoms with van der Waals surface area (Å²) in [7, 11) is 1.64. The van der Waals surface area contributed by atoms with Crippen LogP contribution in [0.25, 0.3) is 10.8 Å². The van der Waals surface area contributed by atoms with E-state index in [0.29, 0.717) is 18.7 Å². The molecule has 2 amide bonds. The quantitative estimate of drug-likeness (QED) is 0.787. The summed E-state index contributed by atoms with van der Waals surface area (Å²) < 4.78 is 5.44. The third kappa shape index (κ3) is 4.72. The van der Waals surface area contributed by atoms with Crippen molar-refractivity contribution in [2.75, 3.05) is 20.2 Å². The minimum Gasteiger partial charge on any atom is -0.496 e. The maximum Gasteiger partial charge on any atom is 0.254 e. The Kier molecular flexibility index (Phi) is 6.46. The third-order valence-corrected chi connectivity index (χ3v) is 5.75. The number of amides is 2. The lowest BCUT2D eigenvalue weighted by Gasteiger charge is -2.35. The normalized spacial score (nSPS) is 17.2. The third-order valence-electron chi connectivity index (χ3n) is 5.75. The van der Waals surface area contributed by atoms with Crippen LogP contribution >= 0.6 is 0 Å². The van der Waals surface area contributed by atoms with E-state index in [2.05, 4.69) is 26.1 Å². The number of methoxy groups -OCH3 is 1. The van der Waals surface area contributed by atoms with Gasteiger partial charge in [-0.15, -0.1) is 0 Å². The van der Waals surface area contributed by atoms with E-state index in [1.807, 2.05) is 41.3 Å². The Morgan fingerprint density at radius 3 is 2.59 bits per heavy atom. The lowest BCUT2D eigenvalue weighted by Crippen LogP contribution is -2.50. The van der Waals surface area contributed by atoms with Gasteiger partial charge in [-0.05, 0) is 50.6 Å².